The quantitative estimate of drug-likeness (QED) is 0.570. The van der Waals surface area contributed by atoms with Gasteiger partial charge in [-0.05, 0) is 23.2 Å². The van der Waals surface area contributed by atoms with Crippen molar-refractivity contribution < 1.29 is 4.79 Å². The maximum atomic E-state index is 11.9. The van der Waals surface area contributed by atoms with Crippen molar-refractivity contribution in [2.45, 2.75) is 0 Å². The van der Waals surface area contributed by atoms with E-state index in [9.17, 15) is 9.59 Å². The number of hydrogen-bond donors (Lipinski definition) is 2. The van der Waals surface area contributed by atoms with E-state index in [2.05, 4.69) is 15.3 Å². The van der Waals surface area contributed by atoms with E-state index >= 15 is 0 Å². The number of amides is 1. The highest BCUT2D eigenvalue weighted by Gasteiger charge is 2.10. The summed E-state index contributed by atoms with van der Waals surface area (Å²) in [4.78, 5) is 29.5. The van der Waals surface area contributed by atoms with Gasteiger partial charge in [-0.1, -0.05) is 18.2 Å². The summed E-state index contributed by atoms with van der Waals surface area (Å²) in [6, 6.07) is 8.78. The smallest absolute Gasteiger partial charge is 0.319 e. The van der Waals surface area contributed by atoms with E-state index in [1.807, 2.05) is 6.07 Å². The summed E-state index contributed by atoms with van der Waals surface area (Å²) < 4.78 is 0. The molecule has 1 aromatic heterocycles. The lowest BCUT2D eigenvalue weighted by Crippen LogP contribution is -2.39. The van der Waals surface area contributed by atoms with Crippen molar-refractivity contribution in [2.75, 3.05) is 5.32 Å². The summed E-state index contributed by atoms with van der Waals surface area (Å²) in [6.07, 6.45) is 0. The molecule has 2 rings (SSSR count). The third-order valence-corrected chi connectivity index (χ3v) is 2.69. The van der Waals surface area contributed by atoms with Crippen LogP contribution in [0.3, 0.4) is 0 Å². The van der Waals surface area contributed by atoms with E-state index in [4.69, 9.17) is 0 Å². The maximum absolute atomic E-state index is 11.9. The van der Waals surface area contributed by atoms with Crippen LogP contribution in [0.4, 0.5) is 5.82 Å². The fourth-order valence-electron chi connectivity index (χ4n) is 1.54. The van der Waals surface area contributed by atoms with Gasteiger partial charge in [-0.2, -0.15) is 4.98 Å². The zero-order valence-corrected chi connectivity index (χ0v) is 10.2. The third-order valence-electron chi connectivity index (χ3n) is 2.69. The van der Waals surface area contributed by atoms with E-state index in [0.29, 0.717) is 17.0 Å². The molecule has 1 heterocycles. The Kier molecular flexibility index (Phi) is 3.32. The lowest BCUT2D eigenvalue weighted by molar-refractivity contribution is 0.102. The molecule has 0 spiro atoms. The number of nitrogens with one attached hydrogen (secondary N) is 2. The monoisotopic (exact) mass is 239 g/mol. The molecule has 0 saturated heterocycles. The first-order valence-electron chi connectivity index (χ1n) is 5.52. The van der Waals surface area contributed by atoms with Crippen LogP contribution in [0, 0.1) is 0 Å². The van der Waals surface area contributed by atoms with E-state index in [1.165, 1.54) is 0 Å². The molecular weight excluding hydrogens is 228 g/mol. The predicted octanol–water partition coefficient (Wildman–Crippen LogP) is -2.46. The van der Waals surface area contributed by atoms with Crippen LogP contribution in [0.15, 0.2) is 35.1 Å². The molecule has 0 radical (unpaired) electrons. The number of anilines is 1. The van der Waals surface area contributed by atoms with Gasteiger partial charge in [-0.15, -0.1) is 0 Å². The van der Waals surface area contributed by atoms with E-state index in [1.54, 1.807) is 40.0 Å². The molecule has 18 heavy (non-hydrogen) atoms. The minimum atomic E-state index is -0.471. The second-order valence-electron chi connectivity index (χ2n) is 3.96. The molecule has 0 saturated carbocycles. The van der Waals surface area contributed by atoms with Gasteiger partial charge in [-0.25, -0.2) is 4.79 Å². The summed E-state index contributed by atoms with van der Waals surface area (Å²) in [6.45, 7) is 0. The van der Waals surface area contributed by atoms with Gasteiger partial charge < -0.3 is 10.3 Å². The molecule has 2 N–H and O–H groups in total. The van der Waals surface area contributed by atoms with Crippen molar-refractivity contribution in [2.24, 2.45) is 0 Å². The van der Waals surface area contributed by atoms with Gasteiger partial charge in [0, 0.05) is 5.56 Å². The molecule has 0 aliphatic carbocycles. The Hall–Kier alpha value is -2.30. The normalized spacial score (nSPS) is 10.0. The van der Waals surface area contributed by atoms with Gasteiger partial charge in [0.2, 0.25) is 0 Å². The average Bonchev–Trinajstić information content (AvgIpc) is 2.36. The highest BCUT2D eigenvalue weighted by atomic mass is 16.2. The number of hydrogen-bond acceptors (Lipinski definition) is 3. The lowest BCUT2D eigenvalue weighted by Gasteiger charge is -2.08. The molecular formula is C11H11B2N3O2. The van der Waals surface area contributed by atoms with E-state index in [0.717, 1.165) is 5.46 Å². The van der Waals surface area contributed by atoms with Crippen LogP contribution in [0.25, 0.3) is 0 Å². The molecule has 7 heteroatoms. The number of carbonyl (C=O) groups is 1. The van der Waals surface area contributed by atoms with Gasteiger partial charge in [0.15, 0.2) is 7.85 Å². The van der Waals surface area contributed by atoms with Gasteiger partial charge in [0.25, 0.3) is 5.91 Å². The molecule has 1 aromatic carbocycles. The molecule has 1 amide bonds. The summed E-state index contributed by atoms with van der Waals surface area (Å²) in [5, 5.41) is 2.64. The largest absolute Gasteiger partial charge is 0.346 e. The Balaban J connectivity index is 2.30. The van der Waals surface area contributed by atoms with Crippen molar-refractivity contribution in [3.8, 4) is 0 Å². The first-order chi connectivity index (χ1) is 8.58. The Morgan fingerprint density at radius 3 is 2.56 bits per heavy atom. The van der Waals surface area contributed by atoms with Crippen LogP contribution in [0.1, 0.15) is 10.4 Å². The Bertz CT molecular complexity index is 640. The number of H-pyrrole nitrogens is 1. The van der Waals surface area contributed by atoms with E-state index in [-0.39, 0.29) is 5.91 Å². The lowest BCUT2D eigenvalue weighted by atomic mass is 9.85. The van der Waals surface area contributed by atoms with Gasteiger partial charge >= 0.3 is 5.69 Å². The van der Waals surface area contributed by atoms with Crippen LogP contribution >= 0.6 is 0 Å². The zero-order chi connectivity index (χ0) is 13.1. The SMILES string of the molecule is Bc1[nH]c(=O)nc(NC(=O)c2ccccc2)c1B. The molecule has 2 aromatic rings. The molecule has 0 aliphatic rings. The Morgan fingerprint density at radius 2 is 1.89 bits per heavy atom. The number of aromatic nitrogens is 2. The summed E-state index contributed by atoms with van der Waals surface area (Å²) >= 11 is 0. The van der Waals surface area contributed by atoms with Gasteiger partial charge in [0.05, 0.1) is 0 Å². The minimum absolute atomic E-state index is 0.281. The van der Waals surface area contributed by atoms with Crippen molar-refractivity contribution in [3.63, 3.8) is 0 Å². The third kappa shape index (κ3) is 2.50. The van der Waals surface area contributed by atoms with Crippen LogP contribution in [0.2, 0.25) is 0 Å². The van der Waals surface area contributed by atoms with Gasteiger partial charge in [0.1, 0.15) is 13.7 Å². The van der Waals surface area contributed by atoms with Crippen LogP contribution in [0.5, 0.6) is 0 Å². The number of carbonyl (C=O) groups excluding carboxylic acids is 1. The number of benzene rings is 1. The zero-order valence-electron chi connectivity index (χ0n) is 10.2. The Morgan fingerprint density at radius 1 is 1.22 bits per heavy atom. The van der Waals surface area contributed by atoms with Crippen LogP contribution in [-0.2, 0) is 0 Å². The van der Waals surface area contributed by atoms with Gasteiger partial charge in [-0.3, -0.25) is 4.79 Å². The molecule has 88 valence electrons. The summed E-state index contributed by atoms with van der Waals surface area (Å²) in [5.74, 6) is 0.0151. The van der Waals surface area contributed by atoms with Crippen LogP contribution in [-0.4, -0.2) is 31.6 Å². The number of nitrogens with zero attached hydrogens (tertiary/aromatic N) is 1. The van der Waals surface area contributed by atoms with E-state index < -0.39 is 5.69 Å². The van der Waals surface area contributed by atoms with Crippen molar-refractivity contribution >= 4 is 38.5 Å². The second kappa shape index (κ2) is 4.91. The molecule has 0 unspecified atom stereocenters. The van der Waals surface area contributed by atoms with Crippen molar-refractivity contribution in [1.82, 2.24) is 9.97 Å². The topological polar surface area (TPSA) is 74.8 Å². The molecule has 0 bridgehead atoms. The standard InChI is InChI=1S/C11H11B2N3O2/c12-7-8(13)14-11(18)16-9(7)15-10(17)6-4-2-1-3-5-6/h1-5H,12-13H2,(H2,14,15,16,17,18). The average molecular weight is 239 g/mol. The van der Waals surface area contributed by atoms with Crippen LogP contribution < -0.4 is 22.1 Å². The molecule has 0 atom stereocenters. The fourth-order valence-corrected chi connectivity index (χ4v) is 1.54. The Labute approximate surface area is 105 Å². The minimum Gasteiger partial charge on any atom is -0.319 e. The summed E-state index contributed by atoms with van der Waals surface area (Å²) in [5.41, 5.74) is 1.50. The molecule has 0 fully saturated rings. The first-order valence-corrected chi connectivity index (χ1v) is 5.52. The highest BCUT2D eigenvalue weighted by Crippen LogP contribution is 2.01. The molecule has 0 aliphatic heterocycles. The van der Waals surface area contributed by atoms with Crippen molar-refractivity contribution in [3.05, 3.63) is 46.4 Å². The van der Waals surface area contributed by atoms with Crippen molar-refractivity contribution in [1.29, 1.82) is 0 Å². The molecule has 5 nitrogen and oxygen atoms in total. The number of rotatable bonds is 2. The summed E-state index contributed by atoms with van der Waals surface area (Å²) in [7, 11) is 3.55. The second-order valence-corrected chi connectivity index (χ2v) is 3.96. The maximum Gasteiger partial charge on any atom is 0.346 e. The fraction of sp³-hybridized carbons (Fsp3) is 0. The predicted molar refractivity (Wildman–Crippen MR) is 75.6 cm³/mol. The first kappa shape index (κ1) is 12.2. The highest BCUT2D eigenvalue weighted by molar-refractivity contribution is 6.49. The number of aromatic amines is 1.